The first kappa shape index (κ1) is 20.2. The predicted octanol–water partition coefficient (Wildman–Crippen LogP) is 1.61. The second kappa shape index (κ2) is 8.08. The van der Waals surface area contributed by atoms with Gasteiger partial charge < -0.3 is 19.7 Å². The minimum atomic E-state index is -0.568. The SMILES string of the molecule is O=C1C[C@@H](NC2CCN(c3ccc([N+](=O)[O-])cn3)CC2)C(=O)N1c1ccc2c(c1)OCO2. The Morgan fingerprint density at radius 1 is 1.09 bits per heavy atom. The average molecular weight is 439 g/mol. The number of aromatic nitrogens is 1. The highest BCUT2D eigenvalue weighted by atomic mass is 16.7. The first-order valence-electron chi connectivity index (χ1n) is 10.4. The molecule has 0 radical (unpaired) electrons. The molecular formula is C21H21N5O6. The van der Waals surface area contributed by atoms with Gasteiger partial charge in [0.1, 0.15) is 12.0 Å². The Hall–Kier alpha value is -3.73. The molecule has 0 spiro atoms. The number of amides is 2. The summed E-state index contributed by atoms with van der Waals surface area (Å²) in [4.78, 5) is 43.3. The number of imide groups is 1. The van der Waals surface area contributed by atoms with E-state index in [4.69, 9.17) is 9.47 Å². The fraction of sp³-hybridized carbons (Fsp3) is 0.381. The zero-order chi connectivity index (χ0) is 22.2. The third-order valence-electron chi connectivity index (χ3n) is 5.96. The van der Waals surface area contributed by atoms with Crippen molar-refractivity contribution < 1.29 is 24.0 Å². The van der Waals surface area contributed by atoms with Gasteiger partial charge in [0.25, 0.3) is 11.6 Å². The van der Waals surface area contributed by atoms with Crippen molar-refractivity contribution in [3.05, 3.63) is 46.6 Å². The van der Waals surface area contributed by atoms with E-state index in [1.54, 1.807) is 24.3 Å². The van der Waals surface area contributed by atoms with E-state index >= 15 is 0 Å². The van der Waals surface area contributed by atoms with Crippen LogP contribution >= 0.6 is 0 Å². The van der Waals surface area contributed by atoms with Crippen molar-refractivity contribution in [2.24, 2.45) is 0 Å². The molecule has 1 N–H and O–H groups in total. The smallest absolute Gasteiger partial charge is 0.287 e. The molecule has 2 saturated heterocycles. The van der Waals surface area contributed by atoms with Gasteiger partial charge in [-0.15, -0.1) is 0 Å². The highest BCUT2D eigenvalue weighted by Gasteiger charge is 2.41. The van der Waals surface area contributed by atoms with Crippen molar-refractivity contribution in [1.29, 1.82) is 0 Å². The summed E-state index contributed by atoms with van der Waals surface area (Å²) < 4.78 is 10.6. The van der Waals surface area contributed by atoms with Crippen LogP contribution in [0.5, 0.6) is 11.5 Å². The first-order valence-corrected chi connectivity index (χ1v) is 10.4. The molecular weight excluding hydrogens is 418 g/mol. The van der Waals surface area contributed by atoms with Crippen LogP contribution in [-0.2, 0) is 9.59 Å². The van der Waals surface area contributed by atoms with E-state index in [1.165, 1.54) is 17.2 Å². The molecule has 3 aliphatic rings. The molecule has 166 valence electrons. The van der Waals surface area contributed by atoms with E-state index in [2.05, 4.69) is 15.2 Å². The maximum atomic E-state index is 13.0. The summed E-state index contributed by atoms with van der Waals surface area (Å²) in [6.07, 6.45) is 2.89. The molecule has 3 aliphatic heterocycles. The molecule has 4 heterocycles. The van der Waals surface area contributed by atoms with E-state index in [9.17, 15) is 19.7 Å². The number of nitrogens with zero attached hydrogens (tertiary/aromatic N) is 4. The van der Waals surface area contributed by atoms with Crippen LogP contribution in [0.25, 0.3) is 0 Å². The second-order valence-corrected chi connectivity index (χ2v) is 7.92. The maximum Gasteiger partial charge on any atom is 0.287 e. The summed E-state index contributed by atoms with van der Waals surface area (Å²) in [6, 6.07) is 7.64. The minimum absolute atomic E-state index is 0.0401. The lowest BCUT2D eigenvalue weighted by Crippen LogP contribution is -2.49. The van der Waals surface area contributed by atoms with E-state index in [-0.39, 0.29) is 36.8 Å². The third kappa shape index (κ3) is 3.71. The largest absolute Gasteiger partial charge is 0.454 e. The lowest BCUT2D eigenvalue weighted by atomic mass is 10.0. The Bertz CT molecular complexity index is 1070. The Morgan fingerprint density at radius 3 is 2.59 bits per heavy atom. The molecule has 1 atom stereocenters. The number of piperidine rings is 1. The number of pyridine rings is 1. The number of carbonyl (C=O) groups excluding carboxylic acids is 2. The average Bonchev–Trinajstić information content (AvgIpc) is 3.37. The lowest BCUT2D eigenvalue weighted by Gasteiger charge is -2.34. The molecule has 1 aromatic heterocycles. The van der Waals surface area contributed by atoms with Crippen molar-refractivity contribution in [3.8, 4) is 11.5 Å². The summed E-state index contributed by atoms with van der Waals surface area (Å²) in [7, 11) is 0. The van der Waals surface area contributed by atoms with Crippen LogP contribution in [0.1, 0.15) is 19.3 Å². The van der Waals surface area contributed by atoms with Crippen LogP contribution in [0.4, 0.5) is 17.2 Å². The number of carbonyl (C=O) groups is 2. The number of nitrogens with one attached hydrogen (secondary N) is 1. The molecule has 5 rings (SSSR count). The highest BCUT2D eigenvalue weighted by molar-refractivity contribution is 6.22. The summed E-state index contributed by atoms with van der Waals surface area (Å²) in [6.45, 7) is 1.52. The van der Waals surface area contributed by atoms with Gasteiger partial charge in [-0.05, 0) is 31.0 Å². The first-order chi connectivity index (χ1) is 15.5. The molecule has 2 fully saturated rings. The molecule has 1 aromatic carbocycles. The number of hydrogen-bond donors (Lipinski definition) is 1. The number of hydrogen-bond acceptors (Lipinski definition) is 9. The lowest BCUT2D eigenvalue weighted by molar-refractivity contribution is -0.385. The van der Waals surface area contributed by atoms with Gasteiger partial charge in [-0.25, -0.2) is 9.88 Å². The molecule has 2 aromatic rings. The fourth-order valence-electron chi connectivity index (χ4n) is 4.29. The zero-order valence-electron chi connectivity index (χ0n) is 17.1. The number of fused-ring (bicyclic) bond motifs is 1. The quantitative estimate of drug-likeness (QED) is 0.420. The van der Waals surface area contributed by atoms with E-state index < -0.39 is 11.0 Å². The van der Waals surface area contributed by atoms with Gasteiger partial charge in [0.2, 0.25) is 12.7 Å². The van der Waals surface area contributed by atoms with Crippen LogP contribution in [0.2, 0.25) is 0 Å². The standard InChI is InChI=1S/C21H21N5O6/c27-20-10-16(21(28)25(20)14-1-3-17-18(9-14)32-12-31-17)23-13-5-7-24(8-6-13)19-4-2-15(11-22-19)26(29)30/h1-4,9,11,13,16,23H,5-8,10,12H2/t16-/m1/s1. The van der Waals surface area contributed by atoms with Gasteiger partial charge in [-0.3, -0.25) is 19.7 Å². The van der Waals surface area contributed by atoms with Crippen LogP contribution in [0.15, 0.2) is 36.5 Å². The Labute approximate surface area is 183 Å². The number of nitro groups is 1. The van der Waals surface area contributed by atoms with Gasteiger partial charge >= 0.3 is 0 Å². The molecule has 0 saturated carbocycles. The van der Waals surface area contributed by atoms with Crippen LogP contribution < -0.4 is 24.6 Å². The number of ether oxygens (including phenoxy) is 2. The Kier molecular flexibility index (Phi) is 5.10. The number of anilines is 2. The summed E-state index contributed by atoms with van der Waals surface area (Å²) in [5, 5.41) is 14.1. The van der Waals surface area contributed by atoms with Crippen molar-refractivity contribution in [3.63, 3.8) is 0 Å². The van der Waals surface area contributed by atoms with E-state index in [1.807, 2.05) is 0 Å². The molecule has 11 nitrogen and oxygen atoms in total. The topological polar surface area (TPSA) is 127 Å². The molecule has 32 heavy (non-hydrogen) atoms. The van der Waals surface area contributed by atoms with Crippen molar-refractivity contribution in [2.75, 3.05) is 29.7 Å². The van der Waals surface area contributed by atoms with E-state index in [0.717, 1.165) is 12.8 Å². The van der Waals surface area contributed by atoms with Gasteiger partial charge in [0.15, 0.2) is 11.5 Å². The third-order valence-corrected chi connectivity index (χ3v) is 5.96. The maximum absolute atomic E-state index is 13.0. The van der Waals surface area contributed by atoms with Crippen LogP contribution in [-0.4, -0.2) is 53.7 Å². The van der Waals surface area contributed by atoms with Crippen molar-refractivity contribution in [2.45, 2.75) is 31.3 Å². The molecule has 0 aliphatic carbocycles. The molecule has 11 heteroatoms. The fourth-order valence-corrected chi connectivity index (χ4v) is 4.29. The van der Waals surface area contributed by atoms with Crippen molar-refractivity contribution >= 4 is 29.0 Å². The van der Waals surface area contributed by atoms with Crippen LogP contribution in [0.3, 0.4) is 0 Å². The van der Waals surface area contributed by atoms with Gasteiger partial charge in [0, 0.05) is 31.3 Å². The normalized spacial score (nSPS) is 20.8. The predicted molar refractivity (Wildman–Crippen MR) is 113 cm³/mol. The summed E-state index contributed by atoms with van der Waals surface area (Å²) >= 11 is 0. The van der Waals surface area contributed by atoms with Gasteiger partial charge in [0.05, 0.1) is 23.1 Å². The zero-order valence-corrected chi connectivity index (χ0v) is 17.1. The molecule has 0 bridgehead atoms. The monoisotopic (exact) mass is 439 g/mol. The summed E-state index contributed by atoms with van der Waals surface area (Å²) in [5.74, 6) is 1.28. The van der Waals surface area contributed by atoms with Crippen molar-refractivity contribution in [1.82, 2.24) is 10.3 Å². The summed E-state index contributed by atoms with van der Waals surface area (Å²) in [5.41, 5.74) is 0.439. The minimum Gasteiger partial charge on any atom is -0.454 e. The molecule has 2 amide bonds. The number of benzene rings is 1. The molecule has 0 unspecified atom stereocenters. The Balaban J connectivity index is 1.19. The highest BCUT2D eigenvalue weighted by Crippen LogP contribution is 2.37. The Morgan fingerprint density at radius 2 is 1.88 bits per heavy atom. The van der Waals surface area contributed by atoms with Crippen LogP contribution in [0, 0.1) is 10.1 Å². The van der Waals surface area contributed by atoms with Gasteiger partial charge in [-0.2, -0.15) is 0 Å². The van der Waals surface area contributed by atoms with E-state index in [0.29, 0.717) is 36.1 Å². The number of rotatable bonds is 5. The second-order valence-electron chi connectivity index (χ2n) is 7.92. The van der Waals surface area contributed by atoms with Gasteiger partial charge in [-0.1, -0.05) is 0 Å².